The molecular weight excluding hydrogens is 469 g/mol. The molecule has 12 heteroatoms. The summed E-state index contributed by atoms with van der Waals surface area (Å²) in [5.74, 6) is -0.0409. The normalized spacial score (nSPS) is 16.1. The van der Waals surface area contributed by atoms with Crippen molar-refractivity contribution in [1.29, 1.82) is 0 Å². The van der Waals surface area contributed by atoms with Gasteiger partial charge < -0.3 is 10.2 Å². The van der Waals surface area contributed by atoms with Gasteiger partial charge >= 0.3 is 6.18 Å². The van der Waals surface area contributed by atoms with Crippen molar-refractivity contribution in [3.05, 3.63) is 47.9 Å². The van der Waals surface area contributed by atoms with Crippen LogP contribution in [0.2, 0.25) is 0 Å². The Bertz CT molecular complexity index is 1300. The number of anilines is 2. The number of benzene rings is 1. The van der Waals surface area contributed by atoms with E-state index in [1.54, 1.807) is 26.1 Å². The van der Waals surface area contributed by atoms with Gasteiger partial charge in [0.25, 0.3) is 0 Å². The maximum absolute atomic E-state index is 13.5. The summed E-state index contributed by atoms with van der Waals surface area (Å²) in [6, 6.07) is 4.67. The van der Waals surface area contributed by atoms with Crippen LogP contribution in [0.1, 0.15) is 24.0 Å². The van der Waals surface area contributed by atoms with Gasteiger partial charge in [0.05, 0.1) is 22.0 Å². The number of sulfone groups is 1. The Kier molecular flexibility index (Phi) is 6.38. The number of hydrogen-bond donors (Lipinski definition) is 1. The van der Waals surface area contributed by atoms with Crippen LogP contribution in [0, 0.1) is 6.92 Å². The molecule has 1 aliphatic rings. The van der Waals surface area contributed by atoms with Gasteiger partial charge in [0.1, 0.15) is 5.56 Å². The highest BCUT2D eigenvalue weighted by molar-refractivity contribution is 7.92. The second-order valence-corrected chi connectivity index (χ2v) is 10.7. The molecule has 0 atom stereocenters. The lowest BCUT2D eigenvalue weighted by molar-refractivity contribution is -0.137. The molecule has 182 valence electrons. The van der Waals surface area contributed by atoms with Gasteiger partial charge in [-0.25, -0.2) is 18.4 Å². The predicted octanol–water partition coefficient (Wildman–Crippen LogP) is 3.82. The first kappa shape index (κ1) is 24.1. The van der Waals surface area contributed by atoms with Crippen molar-refractivity contribution >= 4 is 21.5 Å². The van der Waals surface area contributed by atoms with Gasteiger partial charge in [0.2, 0.25) is 5.95 Å². The van der Waals surface area contributed by atoms with Gasteiger partial charge in [-0.3, -0.25) is 4.68 Å². The number of alkyl halides is 3. The second kappa shape index (κ2) is 8.99. The minimum absolute atomic E-state index is 0.0409. The second-order valence-electron chi connectivity index (χ2n) is 8.51. The third-order valence-electron chi connectivity index (χ3n) is 5.95. The molecule has 1 N–H and O–H groups in total. The Balaban J connectivity index is 1.62. The SMILES string of the molecule is Cc1cc(S(=O)(=O)C2CCN(C)CC2)ccc1Nc1ncc(C(F)(F)F)c(-c2cnn(C)c2)n1. The molecule has 1 fully saturated rings. The Morgan fingerprint density at radius 2 is 1.82 bits per heavy atom. The van der Waals surface area contributed by atoms with Gasteiger partial charge in [-0.15, -0.1) is 0 Å². The van der Waals surface area contributed by atoms with Crippen LogP contribution >= 0.6 is 0 Å². The number of hydrogen-bond acceptors (Lipinski definition) is 7. The highest BCUT2D eigenvalue weighted by Crippen LogP contribution is 2.36. The molecule has 0 radical (unpaired) electrons. The molecule has 0 saturated carbocycles. The van der Waals surface area contributed by atoms with E-state index in [1.165, 1.54) is 23.1 Å². The molecule has 0 amide bonds. The highest BCUT2D eigenvalue weighted by Gasteiger charge is 2.36. The molecule has 1 saturated heterocycles. The van der Waals surface area contributed by atoms with E-state index >= 15 is 0 Å². The van der Waals surface area contributed by atoms with E-state index in [9.17, 15) is 21.6 Å². The topological polar surface area (TPSA) is 93.0 Å². The molecule has 0 spiro atoms. The zero-order valence-electron chi connectivity index (χ0n) is 19.0. The van der Waals surface area contributed by atoms with Crippen LogP contribution in [-0.4, -0.2) is 58.5 Å². The lowest BCUT2D eigenvalue weighted by Gasteiger charge is -2.28. The third-order valence-corrected chi connectivity index (χ3v) is 8.21. The Morgan fingerprint density at radius 3 is 2.41 bits per heavy atom. The molecule has 1 aromatic carbocycles. The fourth-order valence-corrected chi connectivity index (χ4v) is 5.79. The highest BCUT2D eigenvalue weighted by atomic mass is 32.2. The van der Waals surface area contributed by atoms with Crippen LogP contribution in [0.3, 0.4) is 0 Å². The van der Waals surface area contributed by atoms with Crippen molar-refractivity contribution in [3.63, 3.8) is 0 Å². The molecular formula is C22H25F3N6O2S. The van der Waals surface area contributed by atoms with Gasteiger partial charge in [-0.2, -0.15) is 18.3 Å². The maximum Gasteiger partial charge on any atom is 0.419 e. The average Bonchev–Trinajstić information content (AvgIpc) is 3.21. The van der Waals surface area contributed by atoms with Crippen LogP contribution in [-0.2, 0) is 23.1 Å². The van der Waals surface area contributed by atoms with Gasteiger partial charge in [-0.1, -0.05) is 0 Å². The van der Waals surface area contributed by atoms with Crippen LogP contribution in [0.4, 0.5) is 24.8 Å². The number of aryl methyl sites for hydroxylation is 2. The first-order valence-electron chi connectivity index (χ1n) is 10.7. The third kappa shape index (κ3) is 4.92. The first-order valence-corrected chi connectivity index (χ1v) is 12.2. The Labute approximate surface area is 195 Å². The number of rotatable bonds is 5. The van der Waals surface area contributed by atoms with Gasteiger partial charge in [-0.05, 0) is 63.7 Å². The zero-order chi connectivity index (χ0) is 24.7. The summed E-state index contributed by atoms with van der Waals surface area (Å²) in [6.07, 6.45) is -0.0111. The number of nitrogens with one attached hydrogen (secondary N) is 1. The summed E-state index contributed by atoms with van der Waals surface area (Å²) in [5, 5.41) is 6.41. The first-order chi connectivity index (χ1) is 15.9. The van der Waals surface area contributed by atoms with Gasteiger partial charge in [0, 0.05) is 30.7 Å². The number of nitrogens with zero attached hydrogens (tertiary/aromatic N) is 5. The van der Waals surface area contributed by atoms with Crippen LogP contribution in [0.25, 0.3) is 11.3 Å². The predicted molar refractivity (Wildman–Crippen MR) is 121 cm³/mol. The molecule has 1 aliphatic heterocycles. The van der Waals surface area contributed by atoms with Crippen molar-refractivity contribution in [1.82, 2.24) is 24.6 Å². The lowest BCUT2D eigenvalue weighted by atomic mass is 10.1. The summed E-state index contributed by atoms with van der Waals surface area (Å²) >= 11 is 0. The Morgan fingerprint density at radius 1 is 1.12 bits per heavy atom. The Hall–Kier alpha value is -2.99. The van der Waals surface area contributed by atoms with E-state index in [0.29, 0.717) is 24.1 Å². The van der Waals surface area contributed by atoms with Crippen molar-refractivity contribution in [2.24, 2.45) is 7.05 Å². The molecule has 34 heavy (non-hydrogen) atoms. The fraction of sp³-hybridized carbons (Fsp3) is 0.409. The molecule has 0 bridgehead atoms. The summed E-state index contributed by atoms with van der Waals surface area (Å²) in [4.78, 5) is 10.3. The summed E-state index contributed by atoms with van der Waals surface area (Å²) in [6.45, 7) is 3.18. The molecule has 0 unspecified atom stereocenters. The van der Waals surface area contributed by atoms with E-state index in [4.69, 9.17) is 0 Å². The standard InChI is InChI=1S/C22H25F3N6O2S/c1-14-10-17(34(32,33)16-6-8-30(2)9-7-16)4-5-19(14)28-21-26-12-18(22(23,24)25)20(29-21)15-11-27-31(3)13-15/h4-5,10-13,16H,6-9H2,1-3H3,(H,26,28,29). The number of halogens is 3. The average molecular weight is 495 g/mol. The number of likely N-dealkylation sites (tertiary alicyclic amines) is 1. The summed E-state index contributed by atoms with van der Waals surface area (Å²) in [7, 11) is 0.0876. The van der Waals surface area contributed by atoms with Crippen molar-refractivity contribution in [2.75, 3.05) is 25.5 Å². The maximum atomic E-state index is 13.5. The smallest absolute Gasteiger partial charge is 0.324 e. The van der Waals surface area contributed by atoms with Crippen LogP contribution in [0.15, 0.2) is 41.7 Å². The molecule has 0 aliphatic carbocycles. The quantitative estimate of drug-likeness (QED) is 0.577. The molecule has 3 aromatic rings. The van der Waals surface area contributed by atoms with Crippen LogP contribution in [0.5, 0.6) is 0 Å². The van der Waals surface area contributed by atoms with E-state index in [2.05, 4.69) is 25.3 Å². The molecule has 4 rings (SSSR count). The van der Waals surface area contributed by atoms with E-state index in [-0.39, 0.29) is 22.1 Å². The minimum atomic E-state index is -4.64. The fourth-order valence-electron chi connectivity index (χ4n) is 3.97. The summed E-state index contributed by atoms with van der Waals surface area (Å²) in [5.41, 5.74) is 0.0516. The van der Waals surface area contributed by atoms with Crippen molar-refractivity contribution < 1.29 is 21.6 Å². The largest absolute Gasteiger partial charge is 0.419 e. The summed E-state index contributed by atoms with van der Waals surface area (Å²) < 4.78 is 68.1. The van der Waals surface area contributed by atoms with E-state index in [1.807, 2.05) is 7.05 Å². The van der Waals surface area contributed by atoms with Crippen molar-refractivity contribution in [2.45, 2.75) is 36.1 Å². The zero-order valence-corrected chi connectivity index (χ0v) is 19.8. The minimum Gasteiger partial charge on any atom is -0.324 e. The van der Waals surface area contributed by atoms with Crippen LogP contribution < -0.4 is 5.32 Å². The monoisotopic (exact) mass is 494 g/mol. The molecule has 3 heterocycles. The van der Waals surface area contributed by atoms with Crippen molar-refractivity contribution in [3.8, 4) is 11.3 Å². The molecule has 8 nitrogen and oxygen atoms in total. The number of aromatic nitrogens is 4. The van der Waals surface area contributed by atoms with E-state index in [0.717, 1.165) is 19.3 Å². The van der Waals surface area contributed by atoms with Gasteiger partial charge in [0.15, 0.2) is 9.84 Å². The number of piperidine rings is 1. The van der Waals surface area contributed by atoms with E-state index < -0.39 is 26.8 Å². The molecule has 2 aromatic heterocycles. The lowest BCUT2D eigenvalue weighted by Crippen LogP contribution is -2.37.